The minimum absolute atomic E-state index is 0.138. The van der Waals surface area contributed by atoms with E-state index in [1.54, 1.807) is 0 Å². The van der Waals surface area contributed by atoms with Gasteiger partial charge in [-0.1, -0.05) is 11.6 Å². The van der Waals surface area contributed by atoms with Crippen LogP contribution in [0.15, 0.2) is 6.07 Å². The quantitative estimate of drug-likeness (QED) is 0.696. The van der Waals surface area contributed by atoms with Gasteiger partial charge in [-0.05, 0) is 0 Å². The molecule has 2 rings (SSSR count). The van der Waals surface area contributed by atoms with Gasteiger partial charge in [-0.3, -0.25) is 4.79 Å². The predicted molar refractivity (Wildman–Crippen MR) is 52.4 cm³/mol. The molecular weight excluding hydrogens is 223 g/mol. The molecule has 0 saturated heterocycles. The van der Waals surface area contributed by atoms with Crippen molar-refractivity contribution < 1.29 is 18.7 Å². The summed E-state index contributed by atoms with van der Waals surface area (Å²) in [4.78, 5) is 10.7. The van der Waals surface area contributed by atoms with Gasteiger partial charge in [-0.2, -0.15) is 0 Å². The van der Waals surface area contributed by atoms with Gasteiger partial charge in [0.05, 0.1) is 23.8 Å². The van der Waals surface area contributed by atoms with E-state index in [-0.39, 0.29) is 16.3 Å². The number of rotatable bonds is 1. The monoisotopic (exact) mass is 230 g/mol. The zero-order valence-corrected chi connectivity index (χ0v) is 8.51. The first-order valence-electron chi connectivity index (χ1n) is 4.47. The van der Waals surface area contributed by atoms with Crippen molar-refractivity contribution in [2.24, 2.45) is 0 Å². The Morgan fingerprint density at radius 1 is 1.40 bits per heavy atom. The van der Waals surface area contributed by atoms with E-state index >= 15 is 0 Å². The van der Waals surface area contributed by atoms with E-state index in [9.17, 15) is 9.18 Å². The highest BCUT2D eigenvalue weighted by Gasteiger charge is 2.21. The average Bonchev–Trinajstić information content (AvgIpc) is 2.45. The van der Waals surface area contributed by atoms with E-state index in [0.29, 0.717) is 31.7 Å². The van der Waals surface area contributed by atoms with Gasteiger partial charge in [0.25, 0.3) is 0 Å². The third-order valence-corrected chi connectivity index (χ3v) is 2.36. The topological polar surface area (TPSA) is 35.5 Å². The van der Waals surface area contributed by atoms with E-state index in [1.807, 2.05) is 0 Å². The number of carbonyl (C=O) groups excluding carboxylic acids is 1. The zero-order chi connectivity index (χ0) is 10.8. The summed E-state index contributed by atoms with van der Waals surface area (Å²) in [7, 11) is 0. The molecule has 0 aromatic heterocycles. The molecular formula is C10H8ClFO3. The molecule has 1 aliphatic heterocycles. The smallest absolute Gasteiger partial charge is 0.174 e. The molecule has 0 saturated carbocycles. The van der Waals surface area contributed by atoms with Crippen LogP contribution in [0.3, 0.4) is 0 Å². The van der Waals surface area contributed by atoms with Crippen LogP contribution in [0.4, 0.5) is 4.39 Å². The van der Waals surface area contributed by atoms with Crippen LogP contribution in [-0.2, 0) is 0 Å². The van der Waals surface area contributed by atoms with E-state index < -0.39 is 5.82 Å². The molecule has 0 unspecified atom stereocenters. The Hall–Kier alpha value is -1.29. The van der Waals surface area contributed by atoms with Crippen molar-refractivity contribution in [3.63, 3.8) is 0 Å². The highest BCUT2D eigenvalue weighted by atomic mass is 35.5. The van der Waals surface area contributed by atoms with Crippen LogP contribution in [-0.4, -0.2) is 19.5 Å². The molecule has 0 bridgehead atoms. The zero-order valence-electron chi connectivity index (χ0n) is 7.76. The second kappa shape index (κ2) is 4.06. The standard InChI is InChI=1S/C10H8ClFO3/c11-7-4-8-10(6(5-13)9(7)12)15-3-1-2-14-8/h4-5H,1-3H2. The van der Waals surface area contributed by atoms with E-state index in [0.717, 1.165) is 0 Å². The summed E-state index contributed by atoms with van der Waals surface area (Å²) >= 11 is 5.61. The van der Waals surface area contributed by atoms with Crippen LogP contribution in [0.25, 0.3) is 0 Å². The van der Waals surface area contributed by atoms with Crippen molar-refractivity contribution in [2.45, 2.75) is 6.42 Å². The third kappa shape index (κ3) is 1.77. The summed E-state index contributed by atoms with van der Waals surface area (Å²) in [6.07, 6.45) is 1.07. The molecule has 1 aromatic carbocycles. The molecule has 0 spiro atoms. The van der Waals surface area contributed by atoms with Crippen molar-refractivity contribution in [1.29, 1.82) is 0 Å². The lowest BCUT2D eigenvalue weighted by Gasteiger charge is -2.10. The number of aldehydes is 1. The number of carbonyl (C=O) groups is 1. The predicted octanol–water partition coefficient (Wildman–Crippen LogP) is 2.45. The van der Waals surface area contributed by atoms with Crippen molar-refractivity contribution in [1.82, 2.24) is 0 Å². The number of halogens is 2. The Kier molecular flexibility index (Phi) is 2.77. The van der Waals surface area contributed by atoms with Crippen LogP contribution in [0, 0.1) is 5.82 Å². The minimum atomic E-state index is -0.768. The summed E-state index contributed by atoms with van der Waals surface area (Å²) < 4.78 is 24.0. The molecule has 1 aliphatic rings. The first kappa shape index (κ1) is 10.2. The maximum atomic E-state index is 13.4. The number of hydrogen-bond acceptors (Lipinski definition) is 3. The lowest BCUT2D eigenvalue weighted by molar-refractivity contribution is 0.111. The van der Waals surface area contributed by atoms with Crippen LogP contribution < -0.4 is 9.47 Å². The summed E-state index contributed by atoms with van der Waals surface area (Å²) in [5, 5.41) is -0.138. The molecule has 1 heterocycles. The molecule has 0 radical (unpaired) electrons. The lowest BCUT2D eigenvalue weighted by Crippen LogP contribution is -2.00. The molecule has 5 heteroatoms. The summed E-state index contributed by atoms with van der Waals surface area (Å²) in [6.45, 7) is 0.863. The van der Waals surface area contributed by atoms with Gasteiger partial charge < -0.3 is 9.47 Å². The molecule has 1 aromatic rings. The Morgan fingerprint density at radius 2 is 2.13 bits per heavy atom. The van der Waals surface area contributed by atoms with Crippen molar-refractivity contribution >= 4 is 17.9 Å². The molecule has 0 atom stereocenters. The van der Waals surface area contributed by atoms with E-state index in [4.69, 9.17) is 21.1 Å². The maximum absolute atomic E-state index is 13.4. The first-order valence-corrected chi connectivity index (χ1v) is 4.84. The maximum Gasteiger partial charge on any atom is 0.174 e. The Balaban J connectivity index is 2.61. The fraction of sp³-hybridized carbons (Fsp3) is 0.300. The third-order valence-electron chi connectivity index (χ3n) is 2.08. The molecule has 0 N–H and O–H groups in total. The molecule has 15 heavy (non-hydrogen) atoms. The van der Waals surface area contributed by atoms with Gasteiger partial charge in [0.1, 0.15) is 0 Å². The van der Waals surface area contributed by atoms with Gasteiger partial charge in [0.2, 0.25) is 0 Å². The average molecular weight is 231 g/mol. The highest BCUT2D eigenvalue weighted by molar-refractivity contribution is 6.31. The van der Waals surface area contributed by atoms with Gasteiger partial charge in [-0.15, -0.1) is 0 Å². The van der Waals surface area contributed by atoms with Crippen LogP contribution in [0.2, 0.25) is 5.02 Å². The van der Waals surface area contributed by atoms with Crippen molar-refractivity contribution in [3.8, 4) is 11.5 Å². The molecule has 80 valence electrons. The van der Waals surface area contributed by atoms with Gasteiger partial charge in [0, 0.05) is 12.5 Å². The Morgan fingerprint density at radius 3 is 2.87 bits per heavy atom. The fourth-order valence-corrected chi connectivity index (χ4v) is 1.58. The van der Waals surface area contributed by atoms with Crippen molar-refractivity contribution in [2.75, 3.05) is 13.2 Å². The van der Waals surface area contributed by atoms with E-state index in [1.165, 1.54) is 6.07 Å². The normalized spacial score (nSPS) is 14.5. The van der Waals surface area contributed by atoms with Crippen molar-refractivity contribution in [3.05, 3.63) is 22.5 Å². The fourth-order valence-electron chi connectivity index (χ4n) is 1.38. The highest BCUT2D eigenvalue weighted by Crippen LogP contribution is 2.37. The van der Waals surface area contributed by atoms with E-state index in [2.05, 4.69) is 0 Å². The summed E-state index contributed by atoms with van der Waals surface area (Å²) in [5.74, 6) is -0.304. The molecule has 0 aliphatic carbocycles. The Labute approximate surface area is 90.7 Å². The second-order valence-electron chi connectivity index (χ2n) is 3.08. The van der Waals surface area contributed by atoms with Gasteiger partial charge in [0.15, 0.2) is 23.6 Å². The first-order chi connectivity index (χ1) is 7.24. The minimum Gasteiger partial charge on any atom is -0.489 e. The SMILES string of the molecule is O=Cc1c(F)c(Cl)cc2c1OCCCO2. The van der Waals surface area contributed by atoms with Crippen LogP contribution >= 0.6 is 11.6 Å². The van der Waals surface area contributed by atoms with Gasteiger partial charge >= 0.3 is 0 Å². The largest absolute Gasteiger partial charge is 0.489 e. The Bertz CT molecular complexity index is 406. The molecule has 0 fully saturated rings. The molecule has 0 amide bonds. The number of fused-ring (bicyclic) bond motifs is 1. The number of hydrogen-bond donors (Lipinski definition) is 0. The summed E-state index contributed by atoms with van der Waals surface area (Å²) in [5.41, 5.74) is -0.181. The molecule has 3 nitrogen and oxygen atoms in total. The van der Waals surface area contributed by atoms with Crippen LogP contribution in [0.5, 0.6) is 11.5 Å². The lowest BCUT2D eigenvalue weighted by atomic mass is 10.2. The summed E-state index contributed by atoms with van der Waals surface area (Å²) in [6, 6.07) is 1.32. The number of benzene rings is 1. The second-order valence-corrected chi connectivity index (χ2v) is 3.49. The van der Waals surface area contributed by atoms with Gasteiger partial charge in [-0.25, -0.2) is 4.39 Å². The number of ether oxygens (including phenoxy) is 2. The van der Waals surface area contributed by atoms with Crippen LogP contribution in [0.1, 0.15) is 16.8 Å².